The van der Waals surface area contributed by atoms with Gasteiger partial charge in [0, 0.05) is 35.1 Å². The molecule has 2 aliphatic rings. The minimum atomic E-state index is -0.305. The molecule has 0 spiro atoms. The second-order valence-electron chi connectivity index (χ2n) is 8.88. The van der Waals surface area contributed by atoms with Crippen LogP contribution in [0.1, 0.15) is 63.9 Å². The van der Waals surface area contributed by atoms with Crippen molar-refractivity contribution in [3.8, 4) is 10.4 Å². The van der Waals surface area contributed by atoms with Gasteiger partial charge in [-0.1, -0.05) is 34.1 Å². The average molecular weight is 542 g/mol. The smallest absolute Gasteiger partial charge is 0.274 e. The first-order valence-corrected chi connectivity index (χ1v) is 13.2. The van der Waals surface area contributed by atoms with Crippen LogP contribution in [0.5, 0.6) is 0 Å². The quantitative estimate of drug-likeness (QED) is 0.415. The first kappa shape index (κ1) is 23.2. The van der Waals surface area contributed by atoms with Crippen LogP contribution in [0.2, 0.25) is 0 Å². The lowest BCUT2D eigenvalue weighted by Crippen LogP contribution is -2.49. The van der Waals surface area contributed by atoms with Crippen LogP contribution in [0.15, 0.2) is 53.0 Å². The summed E-state index contributed by atoms with van der Waals surface area (Å²) >= 11 is 4.94. The molecule has 0 bridgehead atoms. The second kappa shape index (κ2) is 9.96. The number of rotatable bonds is 6. The summed E-state index contributed by atoms with van der Waals surface area (Å²) in [5.74, 6) is -0.145. The van der Waals surface area contributed by atoms with Crippen molar-refractivity contribution in [3.63, 3.8) is 0 Å². The lowest BCUT2D eigenvalue weighted by molar-refractivity contribution is 0.0598. The molecule has 1 saturated heterocycles. The zero-order valence-electron chi connectivity index (χ0n) is 18.6. The predicted molar refractivity (Wildman–Crippen MR) is 135 cm³/mol. The Morgan fingerprint density at radius 1 is 1.12 bits per heavy atom. The fourth-order valence-electron chi connectivity index (χ4n) is 4.34. The van der Waals surface area contributed by atoms with Gasteiger partial charge in [0.15, 0.2) is 0 Å². The van der Waals surface area contributed by atoms with Gasteiger partial charge in [0.05, 0.1) is 9.88 Å². The molecule has 5 nitrogen and oxygen atoms in total. The lowest BCUT2D eigenvalue weighted by atomic mass is 10.0. The molecular weight excluding hydrogens is 517 g/mol. The number of carbonyl (C=O) groups is 2. The molecule has 2 amide bonds. The fraction of sp³-hybridized carbons (Fsp3) is 0.346. The average Bonchev–Trinajstić information content (AvgIpc) is 3.61. The van der Waals surface area contributed by atoms with E-state index in [4.69, 9.17) is 4.98 Å². The molecule has 2 heterocycles. The van der Waals surface area contributed by atoms with Crippen LogP contribution in [0, 0.1) is 5.82 Å². The normalized spacial score (nSPS) is 18.1. The third kappa shape index (κ3) is 5.08. The standard InChI is InChI=1S/C26H25BrFN3O2S/c27-19-5-3-4-18(14-19)24(32)29-15-21-6-1-2-13-31(21)26(33)22-23(16-9-11-20(28)12-10-16)34-25(30-22)17-7-8-17/h3-5,9-12,14,17,21H,1-2,6-8,13,15H2,(H,29,32). The highest BCUT2D eigenvalue weighted by Crippen LogP contribution is 2.45. The summed E-state index contributed by atoms with van der Waals surface area (Å²) in [4.78, 5) is 33.9. The maximum Gasteiger partial charge on any atom is 0.274 e. The van der Waals surface area contributed by atoms with E-state index < -0.39 is 0 Å². The molecule has 1 aliphatic carbocycles. The number of carbonyl (C=O) groups excluding carboxylic acids is 2. The number of likely N-dealkylation sites (tertiary alicyclic amines) is 1. The number of hydrogen-bond acceptors (Lipinski definition) is 4. The highest BCUT2D eigenvalue weighted by Gasteiger charge is 2.34. The molecule has 3 aromatic rings. The van der Waals surface area contributed by atoms with E-state index in [0.717, 1.165) is 52.0 Å². The molecule has 176 valence electrons. The van der Waals surface area contributed by atoms with Crippen molar-refractivity contribution in [1.82, 2.24) is 15.2 Å². The molecule has 1 saturated carbocycles. The van der Waals surface area contributed by atoms with Crippen LogP contribution in [-0.2, 0) is 0 Å². The Balaban J connectivity index is 1.37. The molecule has 1 aliphatic heterocycles. The first-order valence-electron chi connectivity index (χ1n) is 11.6. The molecule has 1 unspecified atom stereocenters. The summed E-state index contributed by atoms with van der Waals surface area (Å²) in [6, 6.07) is 13.4. The largest absolute Gasteiger partial charge is 0.350 e. The minimum absolute atomic E-state index is 0.0931. The number of nitrogens with zero attached hydrogens (tertiary/aromatic N) is 2. The SMILES string of the molecule is O=C(NCC1CCCCN1C(=O)c1nc(C2CC2)sc1-c1ccc(F)cc1)c1cccc(Br)c1. The van der Waals surface area contributed by atoms with E-state index in [0.29, 0.717) is 30.3 Å². The third-order valence-corrected chi connectivity index (χ3v) is 8.11. The molecule has 1 aromatic heterocycles. The maximum atomic E-state index is 13.8. The summed E-state index contributed by atoms with van der Waals surface area (Å²) in [6.45, 7) is 1.03. The highest BCUT2D eigenvalue weighted by atomic mass is 79.9. The van der Waals surface area contributed by atoms with Gasteiger partial charge in [-0.3, -0.25) is 9.59 Å². The van der Waals surface area contributed by atoms with E-state index >= 15 is 0 Å². The van der Waals surface area contributed by atoms with Gasteiger partial charge >= 0.3 is 0 Å². The van der Waals surface area contributed by atoms with E-state index in [-0.39, 0.29) is 23.7 Å². The molecule has 1 N–H and O–H groups in total. The third-order valence-electron chi connectivity index (χ3n) is 6.35. The Labute approximate surface area is 210 Å². The number of aromatic nitrogens is 1. The number of piperidine rings is 1. The number of thiazole rings is 1. The van der Waals surface area contributed by atoms with Gasteiger partial charge in [-0.25, -0.2) is 9.37 Å². The molecular formula is C26H25BrFN3O2S. The van der Waals surface area contributed by atoms with Gasteiger partial charge in [-0.15, -0.1) is 11.3 Å². The molecule has 8 heteroatoms. The minimum Gasteiger partial charge on any atom is -0.350 e. The van der Waals surface area contributed by atoms with Crippen LogP contribution in [0.4, 0.5) is 4.39 Å². The van der Waals surface area contributed by atoms with E-state index in [1.165, 1.54) is 12.1 Å². The number of hydrogen-bond donors (Lipinski definition) is 1. The molecule has 5 rings (SSSR count). The van der Waals surface area contributed by atoms with Gasteiger partial charge in [-0.05, 0) is 68.0 Å². The van der Waals surface area contributed by atoms with Crippen molar-refractivity contribution in [1.29, 1.82) is 0 Å². The summed E-state index contributed by atoms with van der Waals surface area (Å²) in [6.07, 6.45) is 4.95. The Bertz CT molecular complexity index is 1210. The topological polar surface area (TPSA) is 62.3 Å². The van der Waals surface area contributed by atoms with Crippen molar-refractivity contribution >= 4 is 39.1 Å². The first-order chi connectivity index (χ1) is 16.5. The summed E-state index contributed by atoms with van der Waals surface area (Å²) in [7, 11) is 0. The van der Waals surface area contributed by atoms with Crippen LogP contribution >= 0.6 is 27.3 Å². The number of amides is 2. The van der Waals surface area contributed by atoms with Crippen molar-refractivity contribution < 1.29 is 14.0 Å². The van der Waals surface area contributed by atoms with Gasteiger partial charge < -0.3 is 10.2 Å². The van der Waals surface area contributed by atoms with E-state index in [2.05, 4.69) is 21.2 Å². The summed E-state index contributed by atoms with van der Waals surface area (Å²) in [5, 5.41) is 3.99. The monoisotopic (exact) mass is 541 g/mol. The number of halogens is 2. The maximum absolute atomic E-state index is 13.8. The number of benzene rings is 2. The van der Waals surface area contributed by atoms with Crippen LogP contribution in [0.3, 0.4) is 0 Å². The Morgan fingerprint density at radius 3 is 2.65 bits per heavy atom. The van der Waals surface area contributed by atoms with E-state index in [9.17, 15) is 14.0 Å². The van der Waals surface area contributed by atoms with Crippen LogP contribution < -0.4 is 5.32 Å². The van der Waals surface area contributed by atoms with Gasteiger partial charge in [0.25, 0.3) is 11.8 Å². The van der Waals surface area contributed by atoms with Gasteiger partial charge in [-0.2, -0.15) is 0 Å². The molecule has 2 aromatic carbocycles. The molecule has 0 radical (unpaired) electrons. The van der Waals surface area contributed by atoms with Crippen molar-refractivity contribution in [2.75, 3.05) is 13.1 Å². The number of nitrogens with one attached hydrogen (secondary N) is 1. The van der Waals surface area contributed by atoms with Crippen molar-refractivity contribution in [3.05, 3.63) is 75.1 Å². The van der Waals surface area contributed by atoms with Crippen LogP contribution in [-0.4, -0.2) is 40.8 Å². The lowest BCUT2D eigenvalue weighted by Gasteiger charge is -2.35. The van der Waals surface area contributed by atoms with Gasteiger partial charge in [0.2, 0.25) is 0 Å². The summed E-state index contributed by atoms with van der Waals surface area (Å²) < 4.78 is 14.4. The zero-order chi connectivity index (χ0) is 23.7. The summed E-state index contributed by atoms with van der Waals surface area (Å²) in [5.41, 5.74) is 1.84. The second-order valence-corrected chi connectivity index (χ2v) is 10.8. The van der Waals surface area contributed by atoms with Gasteiger partial charge in [0.1, 0.15) is 11.5 Å². The fourth-order valence-corrected chi connectivity index (χ4v) is 5.97. The Kier molecular flexibility index (Phi) is 6.79. The molecule has 1 atom stereocenters. The Morgan fingerprint density at radius 2 is 1.91 bits per heavy atom. The van der Waals surface area contributed by atoms with Crippen molar-refractivity contribution in [2.24, 2.45) is 0 Å². The van der Waals surface area contributed by atoms with E-state index in [1.807, 2.05) is 17.0 Å². The Hall–Kier alpha value is -2.58. The highest BCUT2D eigenvalue weighted by molar-refractivity contribution is 9.10. The van der Waals surface area contributed by atoms with E-state index in [1.54, 1.807) is 35.6 Å². The molecule has 34 heavy (non-hydrogen) atoms. The molecule has 2 fully saturated rings. The van der Waals surface area contributed by atoms with Crippen LogP contribution in [0.25, 0.3) is 10.4 Å². The predicted octanol–water partition coefficient (Wildman–Crippen LogP) is 6.01. The zero-order valence-corrected chi connectivity index (χ0v) is 21.0. The van der Waals surface area contributed by atoms with Crippen molar-refractivity contribution in [2.45, 2.75) is 44.1 Å².